The Morgan fingerprint density at radius 3 is 3.00 bits per heavy atom. The Bertz CT molecular complexity index is 405. The van der Waals surface area contributed by atoms with Crippen LogP contribution >= 0.6 is 27.3 Å². The van der Waals surface area contributed by atoms with Crippen molar-refractivity contribution in [2.45, 2.75) is 26.3 Å². The van der Waals surface area contributed by atoms with Crippen molar-refractivity contribution in [2.24, 2.45) is 11.1 Å². The summed E-state index contributed by atoms with van der Waals surface area (Å²) in [6, 6.07) is 4.27. The van der Waals surface area contributed by atoms with Crippen LogP contribution in [0.25, 0.3) is 0 Å². The molecule has 1 atom stereocenters. The van der Waals surface area contributed by atoms with Crippen molar-refractivity contribution in [1.29, 1.82) is 0 Å². The van der Waals surface area contributed by atoms with Gasteiger partial charge in [0.05, 0.1) is 9.50 Å². The van der Waals surface area contributed by atoms with Gasteiger partial charge in [0, 0.05) is 36.9 Å². The van der Waals surface area contributed by atoms with Crippen molar-refractivity contribution < 1.29 is 5.21 Å². The lowest BCUT2D eigenvalue weighted by molar-refractivity contribution is 0.222. The molecule has 0 spiro atoms. The summed E-state index contributed by atoms with van der Waals surface area (Å²) in [7, 11) is 0. The van der Waals surface area contributed by atoms with Crippen molar-refractivity contribution in [2.75, 3.05) is 13.1 Å². The first-order chi connectivity index (χ1) is 8.22. The third-order valence-corrected chi connectivity index (χ3v) is 4.87. The average molecular weight is 317 g/mol. The number of nitrogens with zero attached hydrogens (tertiary/aromatic N) is 2. The van der Waals surface area contributed by atoms with E-state index in [1.165, 1.54) is 8.66 Å². The van der Waals surface area contributed by atoms with Crippen molar-refractivity contribution in [1.82, 2.24) is 4.90 Å². The van der Waals surface area contributed by atoms with Crippen molar-refractivity contribution >= 4 is 33.0 Å². The number of rotatable bonds is 3. The maximum Gasteiger partial charge on any atom is 0.0701 e. The molecule has 5 heteroatoms. The fourth-order valence-electron chi connectivity index (χ4n) is 2.28. The summed E-state index contributed by atoms with van der Waals surface area (Å²) in [4.78, 5) is 3.83. The summed E-state index contributed by atoms with van der Waals surface area (Å²) in [5.74, 6) is 0.414. The van der Waals surface area contributed by atoms with Crippen molar-refractivity contribution in [3.8, 4) is 0 Å². The molecule has 1 aliphatic heterocycles. The molecule has 2 rings (SSSR count). The Morgan fingerprint density at radius 1 is 1.59 bits per heavy atom. The lowest BCUT2D eigenvalue weighted by Crippen LogP contribution is -2.40. The van der Waals surface area contributed by atoms with Crippen LogP contribution in [0.15, 0.2) is 21.1 Å². The summed E-state index contributed by atoms with van der Waals surface area (Å²) in [5, 5.41) is 12.4. The maximum atomic E-state index is 8.94. The largest absolute Gasteiger partial charge is 0.411 e. The van der Waals surface area contributed by atoms with Crippen LogP contribution in [-0.2, 0) is 6.54 Å². The van der Waals surface area contributed by atoms with Gasteiger partial charge >= 0.3 is 0 Å². The summed E-state index contributed by atoms with van der Waals surface area (Å²) in [5.41, 5.74) is 0.969. The molecule has 0 saturated carbocycles. The molecule has 0 amide bonds. The standard InChI is InChI=1S/C12H17BrN2OS/c1-2-9-7-15(6-5-11(9)14-16)8-10-3-4-12(13)17-10/h3-4,9,16H,2,5-8H2,1H3/b14-11+. The molecule has 2 heterocycles. The number of halogens is 1. The molecule has 3 nitrogen and oxygen atoms in total. The van der Waals surface area contributed by atoms with Crippen LogP contribution < -0.4 is 0 Å². The second-order valence-corrected chi connectivity index (χ2v) is 6.94. The molecule has 94 valence electrons. The van der Waals surface area contributed by atoms with E-state index in [0.29, 0.717) is 5.92 Å². The van der Waals surface area contributed by atoms with Gasteiger partial charge in [-0.05, 0) is 34.5 Å². The predicted octanol–water partition coefficient (Wildman–Crippen LogP) is 3.57. The van der Waals surface area contributed by atoms with Gasteiger partial charge in [0.2, 0.25) is 0 Å². The first-order valence-electron chi connectivity index (χ1n) is 5.90. The fourth-order valence-corrected chi connectivity index (χ4v) is 3.81. The molecule has 1 aromatic rings. The zero-order valence-electron chi connectivity index (χ0n) is 9.90. The Morgan fingerprint density at radius 2 is 2.41 bits per heavy atom. The SMILES string of the molecule is CCC1CN(Cc2ccc(Br)s2)CC/C1=N\O. The number of piperidine rings is 1. The minimum absolute atomic E-state index is 0.414. The Hall–Kier alpha value is -0.390. The summed E-state index contributed by atoms with van der Waals surface area (Å²) in [6.45, 7) is 5.16. The van der Waals surface area contributed by atoms with Crippen molar-refractivity contribution in [3.05, 3.63) is 20.8 Å². The van der Waals surface area contributed by atoms with Crippen LogP contribution in [0.2, 0.25) is 0 Å². The molecule has 1 fully saturated rings. The number of hydrogen-bond donors (Lipinski definition) is 1. The topological polar surface area (TPSA) is 35.8 Å². The molecule has 1 saturated heterocycles. The monoisotopic (exact) mass is 316 g/mol. The second kappa shape index (κ2) is 5.98. The first-order valence-corrected chi connectivity index (χ1v) is 7.51. The number of oxime groups is 1. The quantitative estimate of drug-likeness (QED) is 0.683. The minimum Gasteiger partial charge on any atom is -0.411 e. The van der Waals surface area contributed by atoms with Crippen LogP contribution in [0.3, 0.4) is 0 Å². The second-order valence-electron chi connectivity index (χ2n) is 4.39. The summed E-state index contributed by atoms with van der Waals surface area (Å²) in [6.07, 6.45) is 1.94. The van der Waals surface area contributed by atoms with Gasteiger partial charge in [0.1, 0.15) is 0 Å². The third kappa shape index (κ3) is 3.30. The molecular weight excluding hydrogens is 300 g/mol. The van der Waals surface area contributed by atoms with Gasteiger partial charge in [-0.2, -0.15) is 0 Å². The zero-order chi connectivity index (χ0) is 12.3. The maximum absolute atomic E-state index is 8.94. The van der Waals surface area contributed by atoms with Crippen LogP contribution in [0.4, 0.5) is 0 Å². The minimum atomic E-state index is 0.414. The fraction of sp³-hybridized carbons (Fsp3) is 0.583. The van der Waals surface area contributed by atoms with Crippen LogP contribution in [0.1, 0.15) is 24.6 Å². The van der Waals surface area contributed by atoms with Gasteiger partial charge in [-0.15, -0.1) is 11.3 Å². The molecular formula is C12H17BrN2OS. The highest BCUT2D eigenvalue weighted by Gasteiger charge is 2.24. The lowest BCUT2D eigenvalue weighted by Gasteiger charge is -2.32. The van der Waals surface area contributed by atoms with Gasteiger partial charge in [-0.1, -0.05) is 12.1 Å². The molecule has 1 unspecified atom stereocenters. The smallest absolute Gasteiger partial charge is 0.0701 e. The van der Waals surface area contributed by atoms with E-state index >= 15 is 0 Å². The van der Waals surface area contributed by atoms with E-state index in [4.69, 9.17) is 5.21 Å². The van der Waals surface area contributed by atoms with Gasteiger partial charge in [0.25, 0.3) is 0 Å². The highest BCUT2D eigenvalue weighted by molar-refractivity contribution is 9.11. The van der Waals surface area contributed by atoms with Gasteiger partial charge in [0.15, 0.2) is 0 Å². The van der Waals surface area contributed by atoms with Gasteiger partial charge in [-0.25, -0.2) is 0 Å². The van der Waals surface area contributed by atoms with E-state index in [1.54, 1.807) is 11.3 Å². The number of thiophene rings is 1. The summed E-state index contributed by atoms with van der Waals surface area (Å²) < 4.78 is 1.19. The third-order valence-electron chi connectivity index (χ3n) is 3.26. The van der Waals surface area contributed by atoms with E-state index in [9.17, 15) is 0 Å². The molecule has 0 bridgehead atoms. The molecule has 1 aliphatic rings. The lowest BCUT2D eigenvalue weighted by atomic mass is 9.93. The molecule has 0 radical (unpaired) electrons. The van der Waals surface area contributed by atoms with E-state index in [2.05, 4.69) is 45.0 Å². The zero-order valence-corrected chi connectivity index (χ0v) is 12.3. The summed E-state index contributed by atoms with van der Waals surface area (Å²) >= 11 is 5.28. The average Bonchev–Trinajstić information content (AvgIpc) is 2.74. The van der Waals surface area contributed by atoms with E-state index in [1.807, 2.05) is 0 Å². The molecule has 0 aliphatic carbocycles. The normalized spacial score (nSPS) is 24.4. The molecule has 0 aromatic carbocycles. The van der Waals surface area contributed by atoms with E-state index < -0.39 is 0 Å². The molecule has 1 aromatic heterocycles. The first kappa shape index (κ1) is 13.1. The van der Waals surface area contributed by atoms with Crippen LogP contribution in [0.5, 0.6) is 0 Å². The number of hydrogen-bond acceptors (Lipinski definition) is 4. The Labute approximate surface area is 114 Å². The van der Waals surface area contributed by atoms with Crippen LogP contribution in [-0.4, -0.2) is 28.9 Å². The van der Waals surface area contributed by atoms with Crippen molar-refractivity contribution in [3.63, 3.8) is 0 Å². The molecule has 17 heavy (non-hydrogen) atoms. The number of likely N-dealkylation sites (tertiary alicyclic amines) is 1. The van der Waals surface area contributed by atoms with Gasteiger partial charge < -0.3 is 5.21 Å². The molecule has 1 N–H and O–H groups in total. The van der Waals surface area contributed by atoms with E-state index in [-0.39, 0.29) is 0 Å². The Balaban J connectivity index is 1.96. The highest BCUT2D eigenvalue weighted by atomic mass is 79.9. The van der Waals surface area contributed by atoms with Gasteiger partial charge in [-0.3, -0.25) is 4.90 Å². The van der Waals surface area contributed by atoms with Crippen LogP contribution in [0, 0.1) is 5.92 Å². The Kier molecular flexibility index (Phi) is 4.59. The van der Waals surface area contributed by atoms with E-state index in [0.717, 1.165) is 38.2 Å². The highest BCUT2D eigenvalue weighted by Crippen LogP contribution is 2.25. The predicted molar refractivity (Wildman–Crippen MR) is 74.9 cm³/mol.